The van der Waals surface area contributed by atoms with Gasteiger partial charge in [0.1, 0.15) is 12.4 Å². The molecule has 0 amide bonds. The Morgan fingerprint density at radius 3 is 2.67 bits per heavy atom. The molecule has 0 unspecified atom stereocenters. The molecule has 0 saturated heterocycles. The van der Waals surface area contributed by atoms with Crippen LogP contribution in [0.4, 0.5) is 0 Å². The Bertz CT molecular complexity index is 464. The molecule has 4 heteroatoms. The Labute approximate surface area is 112 Å². The van der Waals surface area contributed by atoms with Crippen LogP contribution >= 0.6 is 11.6 Å². The average molecular weight is 269 g/mol. The molecule has 0 aliphatic rings. The zero-order valence-electron chi connectivity index (χ0n) is 10.7. The summed E-state index contributed by atoms with van der Waals surface area (Å²) in [5.41, 5.74) is 1.68. The fraction of sp³-hybridized carbons (Fsp3) is 0.357. The number of ether oxygens (including phenoxy) is 1. The van der Waals surface area contributed by atoms with Crippen molar-refractivity contribution in [3.63, 3.8) is 0 Å². The van der Waals surface area contributed by atoms with E-state index < -0.39 is 5.97 Å². The molecule has 0 atom stereocenters. The van der Waals surface area contributed by atoms with Gasteiger partial charge in [0.05, 0.1) is 0 Å². The number of rotatable bonds is 5. The summed E-state index contributed by atoms with van der Waals surface area (Å²) in [6.45, 7) is 6.03. The van der Waals surface area contributed by atoms with E-state index in [1.807, 2.05) is 26.8 Å². The zero-order chi connectivity index (χ0) is 13.7. The summed E-state index contributed by atoms with van der Waals surface area (Å²) in [7, 11) is 0. The SMILES string of the molecule is Cc1cc(OC/C(=C/C(=O)O)C(C)C)ccc1Cl. The Hall–Kier alpha value is -1.48. The van der Waals surface area contributed by atoms with Crippen LogP contribution in [0, 0.1) is 12.8 Å². The van der Waals surface area contributed by atoms with E-state index in [-0.39, 0.29) is 12.5 Å². The number of carboxylic acids is 1. The van der Waals surface area contributed by atoms with Crippen molar-refractivity contribution in [2.75, 3.05) is 6.61 Å². The summed E-state index contributed by atoms with van der Waals surface area (Å²) in [6.07, 6.45) is 1.20. The summed E-state index contributed by atoms with van der Waals surface area (Å²) >= 11 is 5.92. The lowest BCUT2D eigenvalue weighted by atomic mass is 10.0. The van der Waals surface area contributed by atoms with E-state index in [0.717, 1.165) is 11.1 Å². The van der Waals surface area contributed by atoms with Gasteiger partial charge in [-0.25, -0.2) is 4.79 Å². The predicted molar refractivity (Wildman–Crippen MR) is 72.2 cm³/mol. The van der Waals surface area contributed by atoms with Crippen LogP contribution in [0.25, 0.3) is 0 Å². The van der Waals surface area contributed by atoms with E-state index in [4.69, 9.17) is 21.4 Å². The number of halogens is 1. The molecular formula is C14H17ClO3. The van der Waals surface area contributed by atoms with Gasteiger partial charge in [0, 0.05) is 11.1 Å². The minimum Gasteiger partial charge on any atom is -0.489 e. The maximum atomic E-state index is 10.7. The van der Waals surface area contributed by atoms with Gasteiger partial charge in [0.25, 0.3) is 0 Å². The van der Waals surface area contributed by atoms with Crippen molar-refractivity contribution in [3.8, 4) is 5.75 Å². The smallest absolute Gasteiger partial charge is 0.328 e. The quantitative estimate of drug-likeness (QED) is 0.829. The molecule has 1 aromatic carbocycles. The number of carboxylic acid groups (broad SMARTS) is 1. The van der Waals surface area contributed by atoms with Crippen LogP contribution in [-0.4, -0.2) is 17.7 Å². The Kier molecular flexibility index (Phi) is 5.23. The molecule has 0 aliphatic heterocycles. The largest absolute Gasteiger partial charge is 0.489 e. The van der Waals surface area contributed by atoms with Gasteiger partial charge in [0.15, 0.2) is 0 Å². The van der Waals surface area contributed by atoms with Crippen molar-refractivity contribution < 1.29 is 14.6 Å². The first kappa shape index (κ1) is 14.6. The third kappa shape index (κ3) is 4.41. The highest BCUT2D eigenvalue weighted by Gasteiger charge is 2.07. The molecule has 3 nitrogen and oxygen atoms in total. The van der Waals surface area contributed by atoms with E-state index in [1.165, 1.54) is 6.08 Å². The topological polar surface area (TPSA) is 46.5 Å². The van der Waals surface area contributed by atoms with Crippen molar-refractivity contribution in [2.24, 2.45) is 5.92 Å². The monoisotopic (exact) mass is 268 g/mol. The maximum Gasteiger partial charge on any atom is 0.328 e. The molecule has 1 rings (SSSR count). The minimum atomic E-state index is -0.949. The highest BCUT2D eigenvalue weighted by molar-refractivity contribution is 6.31. The fourth-order valence-electron chi connectivity index (χ4n) is 1.41. The first-order chi connectivity index (χ1) is 8.40. The first-order valence-electron chi connectivity index (χ1n) is 5.72. The molecular weight excluding hydrogens is 252 g/mol. The second-order valence-electron chi connectivity index (χ2n) is 4.41. The lowest BCUT2D eigenvalue weighted by Crippen LogP contribution is -2.09. The number of aliphatic carboxylic acids is 1. The summed E-state index contributed by atoms with van der Waals surface area (Å²) in [5, 5.41) is 9.45. The molecule has 0 heterocycles. The summed E-state index contributed by atoms with van der Waals surface area (Å²) in [4.78, 5) is 10.7. The molecule has 98 valence electrons. The first-order valence-corrected chi connectivity index (χ1v) is 6.10. The minimum absolute atomic E-state index is 0.134. The van der Waals surface area contributed by atoms with Crippen LogP contribution in [0.1, 0.15) is 19.4 Å². The van der Waals surface area contributed by atoms with Crippen LogP contribution in [0.3, 0.4) is 0 Å². The van der Waals surface area contributed by atoms with Crippen LogP contribution in [-0.2, 0) is 4.79 Å². The molecule has 0 spiro atoms. The second-order valence-corrected chi connectivity index (χ2v) is 4.82. The van der Waals surface area contributed by atoms with E-state index in [1.54, 1.807) is 12.1 Å². The van der Waals surface area contributed by atoms with Gasteiger partial charge >= 0.3 is 5.97 Å². The third-order valence-corrected chi connectivity index (χ3v) is 3.01. The van der Waals surface area contributed by atoms with E-state index in [2.05, 4.69) is 0 Å². The third-order valence-electron chi connectivity index (χ3n) is 2.59. The van der Waals surface area contributed by atoms with Gasteiger partial charge in [0.2, 0.25) is 0 Å². The van der Waals surface area contributed by atoms with Gasteiger partial charge < -0.3 is 9.84 Å². The maximum absolute atomic E-state index is 10.7. The molecule has 1 N–H and O–H groups in total. The average Bonchev–Trinajstić information content (AvgIpc) is 2.28. The highest BCUT2D eigenvalue weighted by atomic mass is 35.5. The summed E-state index contributed by atoms with van der Waals surface area (Å²) < 4.78 is 5.58. The van der Waals surface area contributed by atoms with Crippen LogP contribution in [0.15, 0.2) is 29.8 Å². The second kappa shape index (κ2) is 6.45. The normalized spacial score (nSPS) is 11.7. The number of hydrogen-bond donors (Lipinski definition) is 1. The lowest BCUT2D eigenvalue weighted by molar-refractivity contribution is -0.131. The van der Waals surface area contributed by atoms with Gasteiger partial charge in [-0.05, 0) is 42.2 Å². The van der Waals surface area contributed by atoms with Gasteiger partial charge in [-0.3, -0.25) is 0 Å². The molecule has 0 aromatic heterocycles. The summed E-state index contributed by atoms with van der Waals surface area (Å²) in [6, 6.07) is 5.37. The molecule has 0 saturated carbocycles. The fourth-order valence-corrected chi connectivity index (χ4v) is 1.52. The molecule has 18 heavy (non-hydrogen) atoms. The van der Waals surface area contributed by atoms with Crippen molar-refractivity contribution >= 4 is 17.6 Å². The molecule has 1 aromatic rings. The van der Waals surface area contributed by atoms with Crippen LogP contribution in [0.2, 0.25) is 5.02 Å². The number of hydrogen-bond acceptors (Lipinski definition) is 2. The summed E-state index contributed by atoms with van der Waals surface area (Å²) in [5.74, 6) is -0.127. The number of carbonyl (C=O) groups is 1. The van der Waals surface area contributed by atoms with Crippen LogP contribution in [0.5, 0.6) is 5.75 Å². The number of aryl methyl sites for hydroxylation is 1. The predicted octanol–water partition coefficient (Wildman–Crippen LogP) is 3.69. The zero-order valence-corrected chi connectivity index (χ0v) is 11.5. The Morgan fingerprint density at radius 2 is 2.17 bits per heavy atom. The molecule has 0 radical (unpaired) electrons. The van der Waals surface area contributed by atoms with E-state index in [9.17, 15) is 4.79 Å². The Balaban J connectivity index is 2.73. The van der Waals surface area contributed by atoms with Gasteiger partial charge in [-0.1, -0.05) is 25.4 Å². The molecule has 0 aliphatic carbocycles. The van der Waals surface area contributed by atoms with E-state index in [0.29, 0.717) is 10.8 Å². The highest BCUT2D eigenvalue weighted by Crippen LogP contribution is 2.22. The van der Waals surface area contributed by atoms with Gasteiger partial charge in [-0.2, -0.15) is 0 Å². The van der Waals surface area contributed by atoms with Crippen molar-refractivity contribution in [2.45, 2.75) is 20.8 Å². The van der Waals surface area contributed by atoms with Crippen molar-refractivity contribution in [3.05, 3.63) is 40.4 Å². The number of benzene rings is 1. The van der Waals surface area contributed by atoms with E-state index >= 15 is 0 Å². The van der Waals surface area contributed by atoms with Crippen molar-refractivity contribution in [1.82, 2.24) is 0 Å². The molecule has 0 fully saturated rings. The Morgan fingerprint density at radius 1 is 1.50 bits per heavy atom. The standard InChI is InChI=1S/C14H17ClO3/c1-9(2)11(7-14(16)17)8-18-12-4-5-13(15)10(3)6-12/h4-7,9H,8H2,1-3H3,(H,16,17)/b11-7-. The van der Waals surface area contributed by atoms with Crippen molar-refractivity contribution in [1.29, 1.82) is 0 Å². The lowest BCUT2D eigenvalue weighted by Gasteiger charge is -2.13. The van der Waals surface area contributed by atoms with Gasteiger partial charge in [-0.15, -0.1) is 0 Å². The molecule has 0 bridgehead atoms. The van der Waals surface area contributed by atoms with Crippen LogP contribution < -0.4 is 4.74 Å².